The van der Waals surface area contributed by atoms with Crippen LogP contribution in [0, 0.1) is 0 Å². The van der Waals surface area contributed by atoms with Gasteiger partial charge in [-0.3, -0.25) is 0 Å². The molecule has 0 atom stereocenters. The van der Waals surface area contributed by atoms with Crippen LogP contribution in [0.5, 0.6) is 11.6 Å². The summed E-state index contributed by atoms with van der Waals surface area (Å²) in [5.74, 6) is 1.56. The Labute approximate surface area is 149 Å². The van der Waals surface area contributed by atoms with Crippen LogP contribution in [0.3, 0.4) is 0 Å². The van der Waals surface area contributed by atoms with Gasteiger partial charge in [0, 0.05) is 35.3 Å². The normalized spacial score (nSPS) is 10.8. The number of aryl methyl sites for hydroxylation is 1. The van der Waals surface area contributed by atoms with E-state index in [-0.39, 0.29) is 5.63 Å². The molecule has 5 heteroatoms. The van der Waals surface area contributed by atoms with Gasteiger partial charge in [-0.2, -0.15) is 4.98 Å². The Balaban J connectivity index is 1.68. The third-order valence-corrected chi connectivity index (χ3v) is 4.07. The molecular formula is C21H16N2O3. The fourth-order valence-corrected chi connectivity index (χ4v) is 2.81. The predicted molar refractivity (Wildman–Crippen MR) is 99.4 cm³/mol. The van der Waals surface area contributed by atoms with Crippen LogP contribution < -0.4 is 10.4 Å². The summed E-state index contributed by atoms with van der Waals surface area (Å²) in [4.78, 5) is 20.4. The van der Waals surface area contributed by atoms with Gasteiger partial charge in [0.1, 0.15) is 11.3 Å². The molecule has 0 saturated heterocycles. The molecule has 26 heavy (non-hydrogen) atoms. The van der Waals surface area contributed by atoms with Gasteiger partial charge in [0.15, 0.2) is 5.82 Å². The van der Waals surface area contributed by atoms with Gasteiger partial charge in [-0.05, 0) is 24.1 Å². The van der Waals surface area contributed by atoms with Crippen LogP contribution >= 0.6 is 0 Å². The molecule has 2 heterocycles. The largest absolute Gasteiger partial charge is 0.439 e. The van der Waals surface area contributed by atoms with Crippen LogP contribution in [0.4, 0.5) is 0 Å². The molecule has 0 spiro atoms. The standard InChI is InChI=1S/C21H16N2O3/c1-2-14-12-20(24)26-18-13-16(8-9-17(14)18)25-19-10-11-22-21(23-19)15-6-4-3-5-7-15/h3-13H,2H2,1H3. The van der Waals surface area contributed by atoms with Gasteiger partial charge in [-0.15, -0.1) is 0 Å². The van der Waals surface area contributed by atoms with E-state index in [1.54, 1.807) is 18.3 Å². The molecule has 0 bridgehead atoms. The van der Waals surface area contributed by atoms with Gasteiger partial charge < -0.3 is 9.15 Å². The number of nitrogens with zero attached hydrogens (tertiary/aromatic N) is 2. The lowest BCUT2D eigenvalue weighted by Crippen LogP contribution is -2.00. The van der Waals surface area contributed by atoms with E-state index in [0.29, 0.717) is 23.0 Å². The van der Waals surface area contributed by atoms with Crippen molar-refractivity contribution in [2.24, 2.45) is 0 Å². The van der Waals surface area contributed by atoms with Crippen molar-refractivity contribution in [3.05, 3.63) is 82.8 Å². The highest BCUT2D eigenvalue weighted by Crippen LogP contribution is 2.27. The van der Waals surface area contributed by atoms with Crippen LogP contribution in [-0.2, 0) is 6.42 Å². The summed E-state index contributed by atoms with van der Waals surface area (Å²) in [6, 6.07) is 18.3. The number of hydrogen-bond donors (Lipinski definition) is 0. The second-order valence-electron chi connectivity index (χ2n) is 5.79. The van der Waals surface area contributed by atoms with Crippen molar-refractivity contribution in [2.75, 3.05) is 0 Å². The van der Waals surface area contributed by atoms with Crippen molar-refractivity contribution in [3.63, 3.8) is 0 Å². The summed E-state index contributed by atoms with van der Waals surface area (Å²) in [7, 11) is 0. The Morgan fingerprint density at radius 1 is 1.04 bits per heavy atom. The first-order chi connectivity index (χ1) is 12.7. The van der Waals surface area contributed by atoms with E-state index in [4.69, 9.17) is 9.15 Å². The quantitative estimate of drug-likeness (QED) is 0.506. The van der Waals surface area contributed by atoms with E-state index in [9.17, 15) is 4.79 Å². The molecule has 4 rings (SSSR count). The zero-order chi connectivity index (χ0) is 17.9. The molecule has 0 fully saturated rings. The van der Waals surface area contributed by atoms with Gasteiger partial charge in [0.25, 0.3) is 0 Å². The lowest BCUT2D eigenvalue weighted by atomic mass is 10.1. The molecule has 4 aromatic rings. The molecule has 0 aliphatic rings. The van der Waals surface area contributed by atoms with Crippen LogP contribution in [0.2, 0.25) is 0 Å². The zero-order valence-electron chi connectivity index (χ0n) is 14.2. The van der Waals surface area contributed by atoms with Crippen molar-refractivity contribution in [1.29, 1.82) is 0 Å². The highest BCUT2D eigenvalue weighted by atomic mass is 16.5. The van der Waals surface area contributed by atoms with E-state index in [2.05, 4.69) is 9.97 Å². The monoisotopic (exact) mass is 344 g/mol. The second-order valence-corrected chi connectivity index (χ2v) is 5.79. The molecule has 2 aromatic carbocycles. The Bertz CT molecular complexity index is 1120. The van der Waals surface area contributed by atoms with E-state index >= 15 is 0 Å². The number of fused-ring (bicyclic) bond motifs is 1. The van der Waals surface area contributed by atoms with Crippen LogP contribution in [-0.4, -0.2) is 9.97 Å². The smallest absolute Gasteiger partial charge is 0.336 e. The molecule has 5 nitrogen and oxygen atoms in total. The predicted octanol–water partition coefficient (Wildman–Crippen LogP) is 4.60. The fourth-order valence-electron chi connectivity index (χ4n) is 2.81. The summed E-state index contributed by atoms with van der Waals surface area (Å²) in [6.45, 7) is 2.00. The van der Waals surface area contributed by atoms with Crippen molar-refractivity contribution in [2.45, 2.75) is 13.3 Å². The van der Waals surface area contributed by atoms with Gasteiger partial charge >= 0.3 is 5.63 Å². The first kappa shape index (κ1) is 16.0. The van der Waals surface area contributed by atoms with E-state index in [1.807, 2.05) is 49.4 Å². The maximum Gasteiger partial charge on any atom is 0.336 e. The van der Waals surface area contributed by atoms with Crippen molar-refractivity contribution >= 4 is 11.0 Å². The minimum Gasteiger partial charge on any atom is -0.439 e. The third kappa shape index (κ3) is 3.19. The Morgan fingerprint density at radius 3 is 2.69 bits per heavy atom. The molecule has 0 N–H and O–H groups in total. The van der Waals surface area contributed by atoms with Crippen molar-refractivity contribution < 1.29 is 9.15 Å². The third-order valence-electron chi connectivity index (χ3n) is 4.07. The van der Waals surface area contributed by atoms with Crippen LogP contribution in [0.1, 0.15) is 12.5 Å². The summed E-state index contributed by atoms with van der Waals surface area (Å²) in [6.07, 6.45) is 2.41. The van der Waals surface area contributed by atoms with Crippen molar-refractivity contribution in [3.8, 4) is 23.0 Å². The Morgan fingerprint density at radius 2 is 1.88 bits per heavy atom. The lowest BCUT2D eigenvalue weighted by Gasteiger charge is -2.08. The number of aromatic nitrogens is 2. The van der Waals surface area contributed by atoms with Gasteiger partial charge in [0.05, 0.1) is 0 Å². The van der Waals surface area contributed by atoms with Crippen LogP contribution in [0.15, 0.2) is 76.1 Å². The summed E-state index contributed by atoms with van der Waals surface area (Å²) >= 11 is 0. The molecule has 0 aliphatic carbocycles. The van der Waals surface area contributed by atoms with Crippen LogP contribution in [0.25, 0.3) is 22.4 Å². The zero-order valence-corrected chi connectivity index (χ0v) is 14.2. The van der Waals surface area contributed by atoms with E-state index < -0.39 is 0 Å². The highest BCUT2D eigenvalue weighted by molar-refractivity contribution is 5.81. The molecule has 2 aromatic heterocycles. The fraction of sp³-hybridized carbons (Fsp3) is 0.0952. The maximum atomic E-state index is 11.7. The molecule has 0 unspecified atom stereocenters. The second kappa shape index (κ2) is 6.80. The van der Waals surface area contributed by atoms with E-state index in [0.717, 1.165) is 22.9 Å². The summed E-state index contributed by atoms with van der Waals surface area (Å²) < 4.78 is 11.2. The minimum atomic E-state index is -0.361. The molecule has 0 amide bonds. The molecule has 0 aliphatic heterocycles. The SMILES string of the molecule is CCc1cc(=O)oc2cc(Oc3ccnc(-c4ccccc4)n3)ccc12. The Kier molecular flexibility index (Phi) is 4.19. The lowest BCUT2D eigenvalue weighted by molar-refractivity contribution is 0.460. The molecular weight excluding hydrogens is 328 g/mol. The summed E-state index contributed by atoms with van der Waals surface area (Å²) in [5, 5.41) is 0.909. The topological polar surface area (TPSA) is 65.2 Å². The first-order valence-corrected chi connectivity index (χ1v) is 8.36. The maximum absolute atomic E-state index is 11.7. The molecule has 0 radical (unpaired) electrons. The van der Waals surface area contributed by atoms with Gasteiger partial charge in [-0.25, -0.2) is 9.78 Å². The average Bonchev–Trinajstić information content (AvgIpc) is 2.68. The van der Waals surface area contributed by atoms with Crippen molar-refractivity contribution in [1.82, 2.24) is 9.97 Å². The Hall–Kier alpha value is -3.47. The highest BCUT2D eigenvalue weighted by Gasteiger charge is 2.08. The number of rotatable bonds is 4. The number of ether oxygens (including phenoxy) is 1. The van der Waals surface area contributed by atoms with E-state index in [1.165, 1.54) is 6.07 Å². The van der Waals surface area contributed by atoms with Gasteiger partial charge in [-0.1, -0.05) is 37.3 Å². The average molecular weight is 344 g/mol. The summed E-state index contributed by atoms with van der Waals surface area (Å²) in [5.41, 5.74) is 2.01. The molecule has 128 valence electrons. The molecule has 0 saturated carbocycles. The number of hydrogen-bond acceptors (Lipinski definition) is 5. The number of benzene rings is 2. The first-order valence-electron chi connectivity index (χ1n) is 8.36. The minimum absolute atomic E-state index is 0.361. The van der Waals surface area contributed by atoms with Gasteiger partial charge in [0.2, 0.25) is 5.88 Å².